The monoisotopic (exact) mass is 288 g/mol. The summed E-state index contributed by atoms with van der Waals surface area (Å²) in [4.78, 5) is 12.3. The molecule has 5 heteroatoms. The lowest BCUT2D eigenvalue weighted by atomic mass is 9.88. The van der Waals surface area contributed by atoms with Crippen LogP contribution in [0.1, 0.15) is 37.8 Å². The Morgan fingerprint density at radius 2 is 1.80 bits per heavy atom. The van der Waals surface area contributed by atoms with E-state index >= 15 is 0 Å². The first kappa shape index (κ1) is 16.7. The van der Waals surface area contributed by atoms with Gasteiger partial charge in [0.1, 0.15) is 5.60 Å². The van der Waals surface area contributed by atoms with Crippen LogP contribution in [0.5, 0.6) is 0 Å². The maximum atomic E-state index is 12.6. The van der Waals surface area contributed by atoms with Crippen molar-refractivity contribution in [3.63, 3.8) is 0 Å². The highest BCUT2D eigenvalue weighted by atomic mass is 19.4. The summed E-state index contributed by atoms with van der Waals surface area (Å²) in [5.41, 5.74) is -1.29. The third-order valence-electron chi connectivity index (χ3n) is 3.66. The number of Topliss-reactive ketones (excluding diaryl/α,β-unsaturated/α-hetero) is 1. The highest BCUT2D eigenvalue weighted by Gasteiger charge is 2.35. The molecule has 0 aliphatic heterocycles. The van der Waals surface area contributed by atoms with Gasteiger partial charge in [-0.2, -0.15) is 13.2 Å². The number of methoxy groups -OCH3 is 1. The first-order valence-electron chi connectivity index (χ1n) is 6.53. The van der Waals surface area contributed by atoms with Gasteiger partial charge in [-0.3, -0.25) is 4.79 Å². The van der Waals surface area contributed by atoms with Crippen LogP contribution in [0.25, 0.3) is 0 Å². The Bertz CT molecular complexity index is 454. The van der Waals surface area contributed by atoms with Gasteiger partial charge >= 0.3 is 6.18 Å². The van der Waals surface area contributed by atoms with E-state index in [1.807, 2.05) is 13.8 Å². The average molecular weight is 288 g/mol. The zero-order valence-electron chi connectivity index (χ0n) is 11.9. The summed E-state index contributed by atoms with van der Waals surface area (Å²) in [6.07, 6.45) is -3.46. The topological polar surface area (TPSA) is 26.3 Å². The molecule has 112 valence electrons. The van der Waals surface area contributed by atoms with Crippen molar-refractivity contribution in [1.29, 1.82) is 0 Å². The molecule has 1 rings (SSSR count). The van der Waals surface area contributed by atoms with Crippen molar-refractivity contribution in [3.8, 4) is 0 Å². The third-order valence-corrected chi connectivity index (χ3v) is 3.66. The molecule has 0 bridgehead atoms. The number of hydrogen-bond acceptors (Lipinski definition) is 2. The molecule has 0 atom stereocenters. The Morgan fingerprint density at radius 3 is 2.25 bits per heavy atom. The minimum atomic E-state index is -4.40. The van der Waals surface area contributed by atoms with Crippen LogP contribution in [0.15, 0.2) is 24.3 Å². The fourth-order valence-electron chi connectivity index (χ4n) is 2.25. The first-order chi connectivity index (χ1) is 9.29. The first-order valence-corrected chi connectivity index (χ1v) is 6.53. The summed E-state index contributed by atoms with van der Waals surface area (Å²) in [7, 11) is 1.46. The Labute approximate surface area is 116 Å². The van der Waals surface area contributed by atoms with Crippen molar-refractivity contribution in [1.82, 2.24) is 0 Å². The predicted molar refractivity (Wildman–Crippen MR) is 70.5 cm³/mol. The molecular formula is C15H19F3O2. The van der Waals surface area contributed by atoms with Gasteiger partial charge < -0.3 is 4.74 Å². The van der Waals surface area contributed by atoms with Gasteiger partial charge in [0.05, 0.1) is 5.56 Å². The second kappa shape index (κ2) is 6.39. The van der Waals surface area contributed by atoms with Crippen LogP contribution in [0.4, 0.5) is 13.2 Å². The number of carbonyl (C=O) groups excluding carboxylic acids is 1. The summed E-state index contributed by atoms with van der Waals surface area (Å²) in [5, 5.41) is 0. The lowest BCUT2D eigenvalue weighted by molar-refractivity contribution is -0.141. The van der Waals surface area contributed by atoms with E-state index in [9.17, 15) is 18.0 Å². The van der Waals surface area contributed by atoms with Gasteiger partial charge in [0.2, 0.25) is 0 Å². The van der Waals surface area contributed by atoms with Gasteiger partial charge in [-0.1, -0.05) is 32.0 Å². The number of benzene rings is 1. The van der Waals surface area contributed by atoms with Gasteiger partial charge in [0, 0.05) is 13.5 Å². The van der Waals surface area contributed by atoms with Crippen molar-refractivity contribution in [2.45, 2.75) is 44.9 Å². The molecule has 0 unspecified atom stereocenters. The third kappa shape index (κ3) is 3.60. The summed E-state index contributed by atoms with van der Waals surface area (Å²) in [5.74, 6) is -0.190. The highest BCUT2D eigenvalue weighted by Crippen LogP contribution is 2.30. The number of ketones is 1. The molecule has 1 aromatic rings. The normalized spacial score (nSPS) is 12.5. The van der Waals surface area contributed by atoms with Crippen LogP contribution < -0.4 is 0 Å². The van der Waals surface area contributed by atoms with E-state index in [0.717, 1.165) is 12.1 Å². The maximum absolute atomic E-state index is 12.6. The summed E-state index contributed by atoms with van der Waals surface area (Å²) in [6, 6.07) is 4.86. The van der Waals surface area contributed by atoms with Gasteiger partial charge in [-0.25, -0.2) is 0 Å². The van der Waals surface area contributed by atoms with E-state index in [1.165, 1.54) is 19.2 Å². The highest BCUT2D eigenvalue weighted by molar-refractivity contribution is 5.89. The summed E-state index contributed by atoms with van der Waals surface area (Å²) in [6.45, 7) is 3.66. The predicted octanol–water partition coefficient (Wildman–Crippen LogP) is 4.02. The molecule has 0 radical (unpaired) electrons. The van der Waals surface area contributed by atoms with Crippen molar-refractivity contribution in [3.05, 3.63) is 35.4 Å². The van der Waals surface area contributed by atoms with Crippen molar-refractivity contribution in [2.75, 3.05) is 7.11 Å². The largest absolute Gasteiger partial charge is 0.416 e. The molecular weight excluding hydrogens is 269 g/mol. The van der Waals surface area contributed by atoms with Crippen molar-refractivity contribution in [2.24, 2.45) is 0 Å². The molecule has 0 aromatic heterocycles. The fourth-order valence-corrected chi connectivity index (χ4v) is 2.25. The Balaban J connectivity index is 2.96. The molecule has 0 amide bonds. The van der Waals surface area contributed by atoms with Gasteiger partial charge in [0.15, 0.2) is 5.78 Å². The van der Waals surface area contributed by atoms with Crippen molar-refractivity contribution >= 4 is 5.78 Å². The van der Waals surface area contributed by atoms with Crippen LogP contribution >= 0.6 is 0 Å². The Hall–Kier alpha value is -1.36. The van der Waals surface area contributed by atoms with E-state index in [0.29, 0.717) is 18.4 Å². The number of hydrogen-bond donors (Lipinski definition) is 0. The quantitative estimate of drug-likeness (QED) is 0.790. The van der Waals surface area contributed by atoms with Crippen LogP contribution in [0.2, 0.25) is 0 Å². The Morgan fingerprint density at radius 1 is 1.20 bits per heavy atom. The molecule has 0 fully saturated rings. The zero-order valence-corrected chi connectivity index (χ0v) is 11.9. The number of rotatable bonds is 6. The van der Waals surface area contributed by atoms with E-state index < -0.39 is 17.3 Å². The minimum Gasteiger partial charge on any atom is -0.370 e. The van der Waals surface area contributed by atoms with E-state index in [4.69, 9.17) is 4.74 Å². The molecule has 0 saturated heterocycles. The molecule has 0 saturated carbocycles. The van der Waals surface area contributed by atoms with Crippen LogP contribution in [-0.4, -0.2) is 18.5 Å². The molecule has 0 heterocycles. The second-order valence-electron chi connectivity index (χ2n) is 4.70. The average Bonchev–Trinajstić information content (AvgIpc) is 2.41. The molecule has 2 nitrogen and oxygen atoms in total. The van der Waals surface area contributed by atoms with Gasteiger partial charge in [-0.05, 0) is 24.5 Å². The molecule has 0 aliphatic carbocycles. The summed E-state index contributed by atoms with van der Waals surface area (Å²) < 4.78 is 43.2. The second-order valence-corrected chi connectivity index (χ2v) is 4.70. The Kier molecular flexibility index (Phi) is 5.34. The lowest BCUT2D eigenvalue weighted by Crippen LogP contribution is -2.40. The molecule has 0 aliphatic rings. The van der Waals surface area contributed by atoms with Crippen molar-refractivity contribution < 1.29 is 22.7 Å². The smallest absolute Gasteiger partial charge is 0.370 e. The van der Waals surface area contributed by atoms with E-state index in [-0.39, 0.29) is 12.2 Å². The zero-order chi connectivity index (χ0) is 15.4. The SMILES string of the molecule is CCC(CC)(OC)C(=O)Cc1cccc(C(F)(F)F)c1. The molecule has 0 spiro atoms. The number of carbonyl (C=O) groups is 1. The maximum Gasteiger partial charge on any atom is 0.416 e. The standard InChI is InChI=1S/C15H19F3O2/c1-4-14(5-2,20-3)13(19)10-11-7-6-8-12(9-11)15(16,17)18/h6-9H,4-5,10H2,1-3H3. The van der Waals surface area contributed by atoms with Gasteiger partial charge in [-0.15, -0.1) is 0 Å². The van der Waals surface area contributed by atoms with Crippen LogP contribution in [0, 0.1) is 0 Å². The molecule has 20 heavy (non-hydrogen) atoms. The number of ether oxygens (including phenoxy) is 1. The van der Waals surface area contributed by atoms with Crippen LogP contribution in [0.3, 0.4) is 0 Å². The molecule has 0 N–H and O–H groups in total. The van der Waals surface area contributed by atoms with Gasteiger partial charge in [0.25, 0.3) is 0 Å². The van der Waals surface area contributed by atoms with Crippen LogP contribution in [-0.2, 0) is 22.1 Å². The summed E-state index contributed by atoms with van der Waals surface area (Å²) >= 11 is 0. The lowest BCUT2D eigenvalue weighted by Gasteiger charge is -2.28. The minimum absolute atomic E-state index is 0.0561. The van der Waals surface area contributed by atoms with E-state index in [1.54, 1.807) is 0 Å². The van der Waals surface area contributed by atoms with E-state index in [2.05, 4.69) is 0 Å². The fraction of sp³-hybridized carbons (Fsp3) is 0.533. The molecule has 1 aromatic carbocycles. The number of halogens is 3. The number of alkyl halides is 3.